The van der Waals surface area contributed by atoms with Crippen LogP contribution < -0.4 is 0 Å². The predicted molar refractivity (Wildman–Crippen MR) is 42.3 cm³/mol. The molecule has 1 atom stereocenters. The normalized spacial score (nSPS) is 29.2. The molecule has 1 aliphatic heterocycles. The fourth-order valence-electron chi connectivity index (χ4n) is 1.52. The molecule has 0 bridgehead atoms. The molecule has 0 aromatic heterocycles. The van der Waals surface area contributed by atoms with E-state index < -0.39 is 0 Å². The molecule has 0 radical (unpaired) electrons. The largest absolute Gasteiger partial charge is 0.327 e. The number of hydrogen-bond donors (Lipinski definition) is 0. The van der Waals surface area contributed by atoms with Crippen LogP contribution in [-0.2, 0) is 4.79 Å². The molecule has 1 unspecified atom stereocenters. The highest BCUT2D eigenvalue weighted by atomic mass is 16.1. The van der Waals surface area contributed by atoms with Crippen molar-refractivity contribution in [2.24, 2.45) is 0 Å². The van der Waals surface area contributed by atoms with Crippen LogP contribution in [0.5, 0.6) is 0 Å². The minimum absolute atomic E-state index is 0.0278. The van der Waals surface area contributed by atoms with Gasteiger partial charge in [-0.2, -0.15) is 0 Å². The first-order valence-electron chi connectivity index (χ1n) is 3.54. The Morgan fingerprint density at radius 2 is 2.20 bits per heavy atom. The van der Waals surface area contributed by atoms with Crippen molar-refractivity contribution >= 4 is 13.8 Å². The second-order valence-electron chi connectivity index (χ2n) is 2.95. The van der Waals surface area contributed by atoms with Crippen LogP contribution in [0, 0.1) is 0 Å². The Morgan fingerprint density at radius 3 is 2.40 bits per heavy atom. The summed E-state index contributed by atoms with van der Waals surface area (Å²) in [4.78, 5) is 15.1. The standard InChI is InChI=1S/C6H13BN2O/c1-5(10)6-8(2)3-4-9(6)7/h6H,3-4,7H2,1-2H3. The van der Waals surface area contributed by atoms with Gasteiger partial charge in [0.2, 0.25) is 0 Å². The van der Waals surface area contributed by atoms with Gasteiger partial charge in [-0.15, -0.1) is 0 Å². The van der Waals surface area contributed by atoms with Crippen LogP contribution >= 0.6 is 0 Å². The summed E-state index contributed by atoms with van der Waals surface area (Å²) in [6.07, 6.45) is 0.0278. The van der Waals surface area contributed by atoms with Crippen LogP contribution in [0.15, 0.2) is 0 Å². The number of likely N-dealkylation sites (N-methyl/N-ethyl adjacent to an activating group) is 1. The number of carbonyl (C=O) groups is 1. The minimum atomic E-state index is 0.0278. The molecule has 0 N–H and O–H groups in total. The molecule has 10 heavy (non-hydrogen) atoms. The predicted octanol–water partition coefficient (Wildman–Crippen LogP) is -1.30. The number of Topliss-reactive ketones (excluding diaryl/α,β-unsaturated/α-hetero) is 1. The van der Waals surface area contributed by atoms with Crippen LogP contribution in [0.2, 0.25) is 0 Å². The van der Waals surface area contributed by atoms with E-state index in [0.29, 0.717) is 0 Å². The molecule has 0 spiro atoms. The Hall–Kier alpha value is -0.345. The topological polar surface area (TPSA) is 23.6 Å². The second kappa shape index (κ2) is 2.72. The number of nitrogens with zero attached hydrogens (tertiary/aromatic N) is 2. The number of carbonyl (C=O) groups excluding carboxylic acids is 1. The highest BCUT2D eigenvalue weighted by Gasteiger charge is 2.28. The van der Waals surface area contributed by atoms with Crippen molar-refractivity contribution in [3.63, 3.8) is 0 Å². The fraction of sp³-hybridized carbons (Fsp3) is 0.833. The SMILES string of the molecule is BN1CCN(C)C1C(C)=O. The molecule has 1 saturated heterocycles. The maximum atomic E-state index is 11.0. The maximum Gasteiger partial charge on any atom is 0.188 e. The summed E-state index contributed by atoms with van der Waals surface area (Å²) in [5.41, 5.74) is 0. The van der Waals surface area contributed by atoms with E-state index in [1.807, 2.05) is 15.0 Å². The van der Waals surface area contributed by atoms with Gasteiger partial charge < -0.3 is 4.81 Å². The molecule has 1 heterocycles. The van der Waals surface area contributed by atoms with Gasteiger partial charge >= 0.3 is 0 Å². The van der Waals surface area contributed by atoms with Crippen molar-refractivity contribution in [1.29, 1.82) is 0 Å². The molecule has 0 aromatic rings. The number of hydrogen-bond acceptors (Lipinski definition) is 3. The highest BCUT2D eigenvalue weighted by molar-refractivity contribution is 6.07. The summed E-state index contributed by atoms with van der Waals surface area (Å²) in [5, 5.41) is 0. The van der Waals surface area contributed by atoms with Crippen LogP contribution in [-0.4, -0.2) is 49.8 Å². The molecule has 1 aliphatic rings. The van der Waals surface area contributed by atoms with Crippen LogP contribution in [0.1, 0.15) is 6.92 Å². The van der Waals surface area contributed by atoms with Crippen molar-refractivity contribution in [1.82, 2.24) is 9.71 Å². The summed E-state index contributed by atoms with van der Waals surface area (Å²) >= 11 is 0. The Labute approximate surface area is 62.4 Å². The van der Waals surface area contributed by atoms with Crippen molar-refractivity contribution in [2.45, 2.75) is 13.1 Å². The van der Waals surface area contributed by atoms with Crippen molar-refractivity contribution < 1.29 is 4.79 Å². The lowest BCUT2D eigenvalue weighted by molar-refractivity contribution is -0.123. The lowest BCUT2D eigenvalue weighted by atomic mass is 10.2. The van der Waals surface area contributed by atoms with Crippen molar-refractivity contribution in [3.8, 4) is 0 Å². The summed E-state index contributed by atoms with van der Waals surface area (Å²) < 4.78 is 0. The number of ketones is 1. The van der Waals surface area contributed by atoms with Gasteiger partial charge in [-0.3, -0.25) is 9.69 Å². The average Bonchev–Trinajstić information content (AvgIpc) is 2.11. The van der Waals surface area contributed by atoms with Crippen LogP contribution in [0.4, 0.5) is 0 Å². The lowest BCUT2D eigenvalue weighted by Crippen LogP contribution is -2.40. The van der Waals surface area contributed by atoms with E-state index >= 15 is 0 Å². The zero-order valence-corrected chi connectivity index (χ0v) is 6.79. The van der Waals surface area contributed by atoms with Crippen LogP contribution in [0.3, 0.4) is 0 Å². The third-order valence-electron chi connectivity index (χ3n) is 2.00. The number of rotatable bonds is 1. The van der Waals surface area contributed by atoms with Gasteiger partial charge in [-0.25, -0.2) is 0 Å². The molecule has 0 amide bonds. The first-order chi connectivity index (χ1) is 4.63. The monoisotopic (exact) mass is 140 g/mol. The van der Waals surface area contributed by atoms with Crippen LogP contribution in [0.25, 0.3) is 0 Å². The highest BCUT2D eigenvalue weighted by Crippen LogP contribution is 2.09. The van der Waals surface area contributed by atoms with Gasteiger partial charge in [0.25, 0.3) is 0 Å². The van der Waals surface area contributed by atoms with E-state index in [4.69, 9.17) is 0 Å². The lowest BCUT2D eigenvalue weighted by Gasteiger charge is -2.21. The molecule has 1 fully saturated rings. The van der Waals surface area contributed by atoms with E-state index in [2.05, 4.69) is 9.71 Å². The van der Waals surface area contributed by atoms with E-state index in [0.717, 1.165) is 13.1 Å². The van der Waals surface area contributed by atoms with Gasteiger partial charge in [-0.05, 0) is 14.0 Å². The minimum Gasteiger partial charge on any atom is -0.327 e. The van der Waals surface area contributed by atoms with E-state index in [1.165, 1.54) is 0 Å². The Bertz CT molecular complexity index is 141. The van der Waals surface area contributed by atoms with Gasteiger partial charge in [0.15, 0.2) is 13.8 Å². The Balaban J connectivity index is 2.63. The zero-order valence-electron chi connectivity index (χ0n) is 6.79. The molecule has 4 heteroatoms. The summed E-state index contributed by atoms with van der Waals surface area (Å²) in [5.74, 6) is 0.238. The second-order valence-corrected chi connectivity index (χ2v) is 2.95. The molecule has 0 aromatic carbocycles. The third kappa shape index (κ3) is 1.22. The van der Waals surface area contributed by atoms with E-state index in [-0.39, 0.29) is 11.9 Å². The van der Waals surface area contributed by atoms with E-state index in [9.17, 15) is 4.79 Å². The van der Waals surface area contributed by atoms with Crippen molar-refractivity contribution in [3.05, 3.63) is 0 Å². The summed E-state index contributed by atoms with van der Waals surface area (Å²) in [7, 11) is 3.96. The Kier molecular flexibility index (Phi) is 2.11. The summed E-state index contributed by atoms with van der Waals surface area (Å²) in [6.45, 7) is 3.64. The van der Waals surface area contributed by atoms with Gasteiger partial charge in [0, 0.05) is 13.1 Å². The Morgan fingerprint density at radius 1 is 1.60 bits per heavy atom. The third-order valence-corrected chi connectivity index (χ3v) is 2.00. The average molecular weight is 140 g/mol. The molecule has 0 saturated carbocycles. The molecule has 1 rings (SSSR count). The molecule has 56 valence electrons. The fourth-order valence-corrected chi connectivity index (χ4v) is 1.52. The van der Waals surface area contributed by atoms with E-state index in [1.54, 1.807) is 6.92 Å². The van der Waals surface area contributed by atoms with Crippen molar-refractivity contribution in [2.75, 3.05) is 20.1 Å². The molecule has 0 aliphatic carbocycles. The molecular weight excluding hydrogens is 127 g/mol. The van der Waals surface area contributed by atoms with Gasteiger partial charge in [0.05, 0.1) is 0 Å². The zero-order chi connectivity index (χ0) is 7.72. The smallest absolute Gasteiger partial charge is 0.188 e. The summed E-state index contributed by atoms with van der Waals surface area (Å²) in [6, 6.07) is 0. The quantitative estimate of drug-likeness (QED) is 0.423. The first kappa shape index (κ1) is 7.76. The molecular formula is C6H13BN2O. The van der Waals surface area contributed by atoms with Gasteiger partial charge in [-0.1, -0.05) is 0 Å². The molecule has 3 nitrogen and oxygen atoms in total. The van der Waals surface area contributed by atoms with Gasteiger partial charge in [0.1, 0.15) is 6.17 Å². The maximum absolute atomic E-state index is 11.0. The first-order valence-corrected chi connectivity index (χ1v) is 3.54.